The lowest BCUT2D eigenvalue weighted by Crippen LogP contribution is -2.24. The number of carbonyl (C=O) groups excluding carboxylic acids is 1. The number of fused-ring (bicyclic) bond motifs is 1. The molecule has 0 saturated carbocycles. The highest BCUT2D eigenvalue weighted by atomic mass is 32.2. The molecule has 0 atom stereocenters. The number of thioether (sulfide) groups is 1. The first kappa shape index (κ1) is 23.4. The smallest absolute Gasteiger partial charge is 0.337 e. The van der Waals surface area contributed by atoms with Crippen molar-refractivity contribution < 1.29 is 9.53 Å². The molecule has 28 heavy (non-hydrogen) atoms. The summed E-state index contributed by atoms with van der Waals surface area (Å²) in [6, 6.07) is -0.130. The molecule has 0 fully saturated rings. The Kier molecular flexibility index (Phi) is 8.91. The normalized spacial score (nSPS) is 11.6. The second kappa shape index (κ2) is 10.7. The first-order valence-corrected chi connectivity index (χ1v) is 10.2. The molecule has 0 aliphatic rings. The summed E-state index contributed by atoms with van der Waals surface area (Å²) < 4.78 is 8.00. The third-order valence-corrected chi connectivity index (χ3v) is 4.19. The molecule has 0 aliphatic heterocycles. The molecule has 2 heterocycles. The van der Waals surface area contributed by atoms with Crippen molar-refractivity contribution in [3.8, 4) is 0 Å². The maximum absolute atomic E-state index is 12.9. The van der Waals surface area contributed by atoms with Crippen molar-refractivity contribution >= 4 is 34.5 Å². The van der Waals surface area contributed by atoms with E-state index in [-0.39, 0.29) is 17.2 Å². The van der Waals surface area contributed by atoms with E-state index in [4.69, 9.17) is 4.74 Å². The molecule has 0 aromatic carbocycles. The van der Waals surface area contributed by atoms with Crippen LogP contribution in [0.5, 0.6) is 0 Å². The number of aromatic nitrogens is 4. The van der Waals surface area contributed by atoms with Crippen molar-refractivity contribution in [2.75, 3.05) is 13.4 Å². The van der Waals surface area contributed by atoms with E-state index < -0.39 is 5.97 Å². The maximum atomic E-state index is 12.9. The third kappa shape index (κ3) is 4.81. The van der Waals surface area contributed by atoms with Gasteiger partial charge in [-0.1, -0.05) is 38.3 Å². The number of esters is 1. The van der Waals surface area contributed by atoms with Crippen molar-refractivity contribution in [3.05, 3.63) is 46.9 Å². The summed E-state index contributed by atoms with van der Waals surface area (Å²) >= 11 is 1.39. The predicted octanol–water partition coefficient (Wildman–Crippen LogP) is 4.07. The molecule has 0 amide bonds. The lowest BCUT2D eigenvalue weighted by Gasteiger charge is -2.16. The summed E-state index contributed by atoms with van der Waals surface area (Å²) in [5, 5.41) is 0.967. The minimum absolute atomic E-state index is 0.130. The molecule has 0 N–H and O–H groups in total. The summed E-state index contributed by atoms with van der Waals surface area (Å²) in [7, 11) is 1.30. The highest BCUT2D eigenvalue weighted by Crippen LogP contribution is 2.21. The van der Waals surface area contributed by atoms with Gasteiger partial charge >= 0.3 is 5.97 Å². The molecule has 8 heteroatoms. The zero-order valence-corrected chi connectivity index (χ0v) is 18.3. The summed E-state index contributed by atoms with van der Waals surface area (Å²) in [6.45, 7) is 13.4. The van der Waals surface area contributed by atoms with E-state index >= 15 is 0 Å². The highest BCUT2D eigenvalue weighted by molar-refractivity contribution is 7.98. The number of methoxy groups -OCH3 is 1. The second-order valence-electron chi connectivity index (χ2n) is 5.74. The number of hydrogen-bond acceptors (Lipinski definition) is 6. The highest BCUT2D eigenvalue weighted by Gasteiger charge is 2.20. The molecule has 2 rings (SSSR count). The Morgan fingerprint density at radius 2 is 2.00 bits per heavy atom. The Labute approximate surface area is 169 Å². The minimum atomic E-state index is -0.540. The Balaban J connectivity index is 0.00000190. The fraction of sp³-hybridized carbons (Fsp3) is 0.400. The SMILES string of the molecule is C=C(/C=C(\C=C/C)n1c2nc(SC)ncc2c(=O)n1C(C)C)C(=O)OC.CC. The molecule has 2 aromatic heterocycles. The Morgan fingerprint density at radius 3 is 2.50 bits per heavy atom. The van der Waals surface area contributed by atoms with Gasteiger partial charge in [0.1, 0.15) is 5.39 Å². The summed E-state index contributed by atoms with van der Waals surface area (Å²) in [5.74, 6) is -0.540. The third-order valence-electron chi connectivity index (χ3n) is 3.62. The topological polar surface area (TPSA) is 79.0 Å². The van der Waals surface area contributed by atoms with Crippen LogP contribution in [-0.2, 0) is 9.53 Å². The zero-order chi connectivity index (χ0) is 21.4. The molecule has 2 aromatic rings. The first-order chi connectivity index (χ1) is 13.3. The molecule has 7 nitrogen and oxygen atoms in total. The molecule has 0 aliphatic carbocycles. The van der Waals surface area contributed by atoms with Crippen LogP contribution in [0.3, 0.4) is 0 Å². The van der Waals surface area contributed by atoms with Crippen LogP contribution in [-0.4, -0.2) is 38.7 Å². The minimum Gasteiger partial charge on any atom is -0.465 e. The summed E-state index contributed by atoms with van der Waals surface area (Å²) in [4.78, 5) is 33.3. The van der Waals surface area contributed by atoms with Gasteiger partial charge in [0.2, 0.25) is 0 Å². The lowest BCUT2D eigenvalue weighted by atomic mass is 10.2. The maximum Gasteiger partial charge on any atom is 0.337 e. The van der Waals surface area contributed by atoms with Crippen LogP contribution in [0.25, 0.3) is 16.7 Å². The van der Waals surface area contributed by atoms with Gasteiger partial charge in [0, 0.05) is 12.2 Å². The molecule has 0 radical (unpaired) electrons. The van der Waals surface area contributed by atoms with Crippen molar-refractivity contribution in [2.45, 2.75) is 45.8 Å². The van der Waals surface area contributed by atoms with E-state index in [0.29, 0.717) is 21.9 Å². The summed E-state index contributed by atoms with van der Waals surface area (Å²) in [5.41, 5.74) is 1.03. The second-order valence-corrected chi connectivity index (χ2v) is 6.51. The van der Waals surface area contributed by atoms with Crippen LogP contribution in [0.1, 0.15) is 40.7 Å². The van der Waals surface area contributed by atoms with Gasteiger partial charge in [-0.15, -0.1) is 0 Å². The average molecular weight is 405 g/mol. The number of carbonyl (C=O) groups is 1. The van der Waals surface area contributed by atoms with Gasteiger partial charge in [0.15, 0.2) is 10.8 Å². The Bertz CT molecular complexity index is 968. The monoisotopic (exact) mass is 404 g/mol. The van der Waals surface area contributed by atoms with Crippen molar-refractivity contribution in [1.29, 1.82) is 0 Å². The van der Waals surface area contributed by atoms with E-state index in [0.717, 1.165) is 0 Å². The first-order valence-electron chi connectivity index (χ1n) is 9.01. The van der Waals surface area contributed by atoms with Crippen LogP contribution in [0, 0.1) is 0 Å². The predicted molar refractivity (Wildman–Crippen MR) is 116 cm³/mol. The van der Waals surface area contributed by atoms with Gasteiger partial charge in [0.25, 0.3) is 5.56 Å². The van der Waals surface area contributed by atoms with E-state index in [1.165, 1.54) is 25.1 Å². The van der Waals surface area contributed by atoms with E-state index in [1.807, 2.05) is 47.0 Å². The van der Waals surface area contributed by atoms with Crippen LogP contribution >= 0.6 is 11.8 Å². The van der Waals surface area contributed by atoms with Crippen LogP contribution < -0.4 is 5.56 Å². The number of hydrogen-bond donors (Lipinski definition) is 0. The van der Waals surface area contributed by atoms with Gasteiger partial charge in [-0.05, 0) is 39.2 Å². The molecule has 0 spiro atoms. The molecule has 0 bridgehead atoms. The Morgan fingerprint density at radius 1 is 1.36 bits per heavy atom. The fourth-order valence-electron chi connectivity index (χ4n) is 2.52. The van der Waals surface area contributed by atoms with Crippen molar-refractivity contribution in [3.63, 3.8) is 0 Å². The number of ether oxygens (including phenoxy) is 1. The van der Waals surface area contributed by atoms with Gasteiger partial charge in [-0.2, -0.15) is 0 Å². The van der Waals surface area contributed by atoms with Gasteiger partial charge in [-0.3, -0.25) is 4.79 Å². The van der Waals surface area contributed by atoms with Gasteiger partial charge < -0.3 is 4.74 Å². The average Bonchev–Trinajstić information content (AvgIpc) is 3.00. The zero-order valence-electron chi connectivity index (χ0n) is 17.5. The molecule has 0 unspecified atom stereocenters. The van der Waals surface area contributed by atoms with E-state index in [2.05, 4.69) is 16.5 Å². The van der Waals surface area contributed by atoms with Gasteiger partial charge in [0.05, 0.1) is 18.4 Å². The summed E-state index contributed by atoms with van der Waals surface area (Å²) in [6.07, 6.45) is 8.57. The van der Waals surface area contributed by atoms with Crippen LogP contribution in [0.4, 0.5) is 0 Å². The molecule has 152 valence electrons. The van der Waals surface area contributed by atoms with Crippen LogP contribution in [0.2, 0.25) is 0 Å². The lowest BCUT2D eigenvalue weighted by molar-refractivity contribution is -0.135. The number of allylic oxidation sites excluding steroid dienone is 3. The Hall–Kier alpha value is -2.61. The largest absolute Gasteiger partial charge is 0.465 e. The number of rotatable bonds is 6. The van der Waals surface area contributed by atoms with E-state index in [9.17, 15) is 9.59 Å². The van der Waals surface area contributed by atoms with Crippen molar-refractivity contribution in [1.82, 2.24) is 19.3 Å². The van der Waals surface area contributed by atoms with E-state index in [1.54, 1.807) is 21.5 Å². The molecular formula is C20H28N4O3S. The number of nitrogens with zero attached hydrogens (tertiary/aromatic N) is 4. The van der Waals surface area contributed by atoms with Crippen molar-refractivity contribution in [2.24, 2.45) is 0 Å². The standard InChI is InChI=1S/C18H22N4O3S.C2H6/c1-7-8-13(9-12(4)17(24)25-5)22-15-14(10-19-18(20-15)26-6)16(23)21(22)11(2)3;1-2/h7-11H,4H2,1-3,5-6H3;1-2H3/b8-7-,13-9+;. The molecule has 0 saturated heterocycles. The molecular weight excluding hydrogens is 376 g/mol. The van der Waals surface area contributed by atoms with Gasteiger partial charge in [-0.25, -0.2) is 24.1 Å². The fourth-order valence-corrected chi connectivity index (χ4v) is 2.85. The van der Waals surface area contributed by atoms with Crippen LogP contribution in [0.15, 0.2) is 46.5 Å². The quantitative estimate of drug-likeness (QED) is 0.237.